The minimum absolute atomic E-state index is 0.0698. The normalized spacial score (nSPS) is 12.3. The summed E-state index contributed by atoms with van der Waals surface area (Å²) in [7, 11) is -5.49. The van der Waals surface area contributed by atoms with E-state index in [0.717, 1.165) is 18.4 Å². The van der Waals surface area contributed by atoms with Crippen LogP contribution in [0.15, 0.2) is 47.5 Å². The summed E-state index contributed by atoms with van der Waals surface area (Å²) >= 11 is 0. The van der Waals surface area contributed by atoms with Gasteiger partial charge in [-0.15, -0.1) is 0 Å². The number of sulfonamides is 2. The summed E-state index contributed by atoms with van der Waals surface area (Å²) in [6.07, 6.45) is 2.78. The second kappa shape index (κ2) is 10.1. The molecule has 1 heterocycles. The number of benzene rings is 1. The lowest BCUT2D eigenvalue weighted by molar-refractivity contribution is 0.530. The van der Waals surface area contributed by atoms with Crippen molar-refractivity contribution in [2.75, 3.05) is 12.4 Å². The molecule has 160 valence electrons. The zero-order valence-electron chi connectivity index (χ0n) is 16.8. The molecule has 29 heavy (non-hydrogen) atoms. The molecule has 0 saturated carbocycles. The Hall–Kier alpha value is -2.01. The minimum atomic E-state index is -3.58. The van der Waals surface area contributed by atoms with Crippen molar-refractivity contribution in [3.8, 4) is 0 Å². The van der Waals surface area contributed by atoms with E-state index in [4.69, 9.17) is 0 Å². The summed E-state index contributed by atoms with van der Waals surface area (Å²) in [5.41, 5.74) is 1.64. The molecule has 0 aliphatic rings. The van der Waals surface area contributed by atoms with E-state index in [2.05, 4.69) is 19.7 Å². The lowest BCUT2D eigenvalue weighted by Crippen LogP contribution is -2.33. The van der Waals surface area contributed by atoms with E-state index in [1.54, 1.807) is 18.2 Å². The standard InChI is InChI=1S/C19H28N4O4S2/c1-4-17(5-2)23-29(26,27)18-10-11-19(22-13-18)21-12-15-6-8-16(9-7-15)14-28(24,25)20-3/h6-11,13,17,20,23H,4-5,12,14H2,1-3H3,(H,21,22). The van der Waals surface area contributed by atoms with Gasteiger partial charge in [0.25, 0.3) is 0 Å². The van der Waals surface area contributed by atoms with Gasteiger partial charge in [-0.2, -0.15) is 0 Å². The van der Waals surface area contributed by atoms with Crippen LogP contribution in [-0.4, -0.2) is 34.9 Å². The Balaban J connectivity index is 1.96. The van der Waals surface area contributed by atoms with Gasteiger partial charge < -0.3 is 5.32 Å². The van der Waals surface area contributed by atoms with Gasteiger partial charge >= 0.3 is 0 Å². The van der Waals surface area contributed by atoms with Gasteiger partial charge in [-0.1, -0.05) is 38.1 Å². The smallest absolute Gasteiger partial charge is 0.242 e. The first-order chi connectivity index (χ1) is 13.7. The molecule has 0 bridgehead atoms. The molecule has 0 atom stereocenters. The molecular weight excluding hydrogens is 412 g/mol. The van der Waals surface area contributed by atoms with Gasteiger partial charge in [0, 0.05) is 18.8 Å². The second-order valence-electron chi connectivity index (χ2n) is 6.65. The monoisotopic (exact) mass is 440 g/mol. The number of anilines is 1. The third kappa shape index (κ3) is 7.07. The fourth-order valence-electron chi connectivity index (χ4n) is 2.62. The molecule has 0 spiro atoms. The van der Waals surface area contributed by atoms with E-state index in [-0.39, 0.29) is 16.7 Å². The first-order valence-electron chi connectivity index (χ1n) is 9.40. The molecule has 0 aliphatic heterocycles. The largest absolute Gasteiger partial charge is 0.366 e. The Morgan fingerprint density at radius 2 is 1.55 bits per heavy atom. The van der Waals surface area contributed by atoms with Crippen molar-refractivity contribution in [3.05, 3.63) is 53.7 Å². The van der Waals surface area contributed by atoms with E-state index < -0.39 is 20.0 Å². The number of rotatable bonds is 11. The SMILES string of the molecule is CCC(CC)NS(=O)(=O)c1ccc(NCc2ccc(CS(=O)(=O)NC)cc2)nc1. The van der Waals surface area contributed by atoms with E-state index >= 15 is 0 Å². The quantitative estimate of drug-likeness (QED) is 0.493. The summed E-state index contributed by atoms with van der Waals surface area (Å²) in [6, 6.07) is 10.2. The fourth-order valence-corrected chi connectivity index (χ4v) is 4.75. The molecule has 8 nitrogen and oxygen atoms in total. The van der Waals surface area contributed by atoms with Gasteiger partial charge in [-0.3, -0.25) is 0 Å². The number of nitrogens with one attached hydrogen (secondary N) is 3. The molecule has 1 aromatic heterocycles. The molecule has 2 aromatic rings. The van der Waals surface area contributed by atoms with Crippen molar-refractivity contribution >= 4 is 25.9 Å². The molecule has 0 saturated heterocycles. The maximum Gasteiger partial charge on any atom is 0.242 e. The highest BCUT2D eigenvalue weighted by atomic mass is 32.2. The van der Waals surface area contributed by atoms with Gasteiger partial charge in [0.15, 0.2) is 0 Å². The topological polar surface area (TPSA) is 117 Å². The molecule has 0 aliphatic carbocycles. The van der Waals surface area contributed by atoms with Crippen molar-refractivity contribution in [1.29, 1.82) is 0 Å². The second-order valence-corrected chi connectivity index (χ2v) is 10.3. The Morgan fingerprint density at radius 1 is 0.931 bits per heavy atom. The summed E-state index contributed by atoms with van der Waals surface area (Å²) < 4.78 is 52.9. The molecule has 1 aromatic carbocycles. The maximum absolute atomic E-state index is 12.4. The number of hydrogen-bond acceptors (Lipinski definition) is 6. The first-order valence-corrected chi connectivity index (χ1v) is 12.5. The van der Waals surface area contributed by atoms with Crippen LogP contribution in [0.2, 0.25) is 0 Å². The number of nitrogens with zero attached hydrogens (tertiary/aromatic N) is 1. The van der Waals surface area contributed by atoms with Crippen LogP contribution in [-0.2, 0) is 32.3 Å². The van der Waals surface area contributed by atoms with Crippen LogP contribution in [0.5, 0.6) is 0 Å². The third-order valence-corrected chi connectivity index (χ3v) is 7.36. The van der Waals surface area contributed by atoms with Crippen LogP contribution < -0.4 is 14.8 Å². The maximum atomic E-state index is 12.4. The predicted molar refractivity (Wildman–Crippen MR) is 114 cm³/mol. The first kappa shape index (κ1) is 23.3. The highest BCUT2D eigenvalue weighted by molar-refractivity contribution is 7.89. The van der Waals surface area contributed by atoms with Crippen molar-refractivity contribution < 1.29 is 16.8 Å². The van der Waals surface area contributed by atoms with Gasteiger partial charge in [0.05, 0.1) is 5.75 Å². The van der Waals surface area contributed by atoms with Crippen molar-refractivity contribution in [1.82, 2.24) is 14.4 Å². The highest BCUT2D eigenvalue weighted by Crippen LogP contribution is 2.14. The Morgan fingerprint density at radius 3 is 2.07 bits per heavy atom. The van der Waals surface area contributed by atoms with E-state index in [9.17, 15) is 16.8 Å². The van der Waals surface area contributed by atoms with Crippen molar-refractivity contribution in [3.63, 3.8) is 0 Å². The zero-order valence-corrected chi connectivity index (χ0v) is 18.5. The zero-order chi connectivity index (χ0) is 21.5. The third-order valence-electron chi connectivity index (χ3n) is 4.52. The molecule has 2 rings (SSSR count). The lowest BCUT2D eigenvalue weighted by atomic mass is 10.1. The molecule has 10 heteroatoms. The molecule has 0 fully saturated rings. The van der Waals surface area contributed by atoms with Crippen LogP contribution in [0.3, 0.4) is 0 Å². The summed E-state index contributed by atoms with van der Waals surface area (Å²) in [5.74, 6) is 0.480. The number of pyridine rings is 1. The van der Waals surface area contributed by atoms with Gasteiger partial charge in [-0.25, -0.2) is 31.3 Å². The summed E-state index contributed by atoms with van der Waals surface area (Å²) in [6.45, 7) is 4.35. The number of aromatic nitrogens is 1. The van der Waals surface area contributed by atoms with Gasteiger partial charge in [0.2, 0.25) is 20.0 Å². The molecule has 0 radical (unpaired) electrons. The number of hydrogen-bond donors (Lipinski definition) is 3. The predicted octanol–water partition coefficient (Wildman–Crippen LogP) is 2.21. The molecule has 3 N–H and O–H groups in total. The van der Waals surface area contributed by atoms with Crippen LogP contribution >= 0.6 is 0 Å². The Kier molecular flexibility index (Phi) is 8.14. The van der Waals surface area contributed by atoms with E-state index in [1.807, 2.05) is 26.0 Å². The Bertz CT molecular complexity index is 986. The summed E-state index contributed by atoms with van der Waals surface area (Å²) in [4.78, 5) is 4.31. The average Bonchev–Trinajstić information content (AvgIpc) is 2.71. The van der Waals surface area contributed by atoms with Crippen LogP contribution in [0.1, 0.15) is 37.8 Å². The Labute approximate surface area is 173 Å². The molecule has 0 unspecified atom stereocenters. The van der Waals surface area contributed by atoms with Gasteiger partial charge in [-0.05, 0) is 43.1 Å². The molecular formula is C19H28N4O4S2. The summed E-state index contributed by atoms with van der Waals surface area (Å²) in [5, 5.41) is 3.12. The van der Waals surface area contributed by atoms with Crippen molar-refractivity contribution in [2.45, 2.75) is 49.9 Å². The lowest BCUT2D eigenvalue weighted by Gasteiger charge is -2.15. The fraction of sp³-hybridized carbons (Fsp3) is 0.421. The van der Waals surface area contributed by atoms with Crippen LogP contribution in [0.4, 0.5) is 5.82 Å². The van der Waals surface area contributed by atoms with Crippen molar-refractivity contribution in [2.24, 2.45) is 0 Å². The van der Waals surface area contributed by atoms with Crippen LogP contribution in [0.25, 0.3) is 0 Å². The average molecular weight is 441 g/mol. The van der Waals surface area contributed by atoms with E-state index in [1.165, 1.54) is 19.3 Å². The minimum Gasteiger partial charge on any atom is -0.366 e. The molecule has 0 amide bonds. The van der Waals surface area contributed by atoms with Crippen LogP contribution in [0, 0.1) is 0 Å². The van der Waals surface area contributed by atoms with E-state index in [0.29, 0.717) is 17.9 Å². The highest BCUT2D eigenvalue weighted by Gasteiger charge is 2.18. The van der Waals surface area contributed by atoms with Gasteiger partial charge in [0.1, 0.15) is 10.7 Å².